The third kappa shape index (κ3) is 5.91. The van der Waals surface area contributed by atoms with Crippen molar-refractivity contribution in [3.63, 3.8) is 0 Å². The Labute approximate surface area is 115 Å². The van der Waals surface area contributed by atoms with Gasteiger partial charge in [-0.3, -0.25) is 4.79 Å². The van der Waals surface area contributed by atoms with Crippen molar-refractivity contribution in [2.24, 2.45) is 11.3 Å². The average molecular weight is 291 g/mol. The van der Waals surface area contributed by atoms with Crippen molar-refractivity contribution in [1.29, 1.82) is 0 Å². The Bertz CT molecular complexity index is 407. The minimum atomic E-state index is -3.13. The van der Waals surface area contributed by atoms with E-state index in [2.05, 4.69) is 25.5 Å². The van der Waals surface area contributed by atoms with E-state index in [0.29, 0.717) is 19.4 Å². The van der Waals surface area contributed by atoms with Crippen molar-refractivity contribution in [2.45, 2.75) is 58.1 Å². The monoisotopic (exact) mass is 291 g/mol. The molecule has 19 heavy (non-hydrogen) atoms. The average Bonchev–Trinajstić information content (AvgIpc) is 3.04. The fraction of sp³-hybridized carbons (Fsp3) is 0.923. The molecule has 112 valence electrons. The van der Waals surface area contributed by atoms with Crippen LogP contribution in [0.5, 0.6) is 0 Å². The number of aliphatic carboxylic acids is 1. The molecule has 1 rings (SSSR count). The first-order valence-corrected chi connectivity index (χ1v) is 8.38. The molecule has 0 spiro atoms. The zero-order valence-electron chi connectivity index (χ0n) is 12.0. The van der Waals surface area contributed by atoms with Crippen LogP contribution in [0.15, 0.2) is 0 Å². The molecule has 0 bridgehead atoms. The molecule has 0 aromatic carbocycles. The minimum Gasteiger partial charge on any atom is -0.481 e. The summed E-state index contributed by atoms with van der Waals surface area (Å²) in [5.41, 5.74) is -0.0134. The highest BCUT2D eigenvalue weighted by Crippen LogP contribution is 2.32. The van der Waals surface area contributed by atoms with Crippen LogP contribution in [-0.2, 0) is 14.8 Å². The van der Waals surface area contributed by atoms with E-state index in [0.717, 1.165) is 12.8 Å². The molecule has 1 saturated carbocycles. The van der Waals surface area contributed by atoms with E-state index in [9.17, 15) is 13.2 Å². The van der Waals surface area contributed by atoms with E-state index in [-0.39, 0.29) is 23.0 Å². The zero-order chi connectivity index (χ0) is 14.7. The van der Waals surface area contributed by atoms with E-state index in [4.69, 9.17) is 5.11 Å². The number of carboxylic acid groups (broad SMARTS) is 1. The van der Waals surface area contributed by atoms with Crippen molar-refractivity contribution in [2.75, 3.05) is 6.54 Å². The number of sulfonamides is 1. The van der Waals surface area contributed by atoms with Gasteiger partial charge in [0.1, 0.15) is 0 Å². The highest BCUT2D eigenvalue weighted by molar-refractivity contribution is 7.90. The molecule has 5 nitrogen and oxygen atoms in total. The second kappa shape index (κ2) is 6.22. The molecule has 0 aliphatic heterocycles. The standard InChI is InChI=1S/C13H25NO4S/c1-13(2,3)10(4-7-12(15)16)8-9-14-19(17,18)11-5-6-11/h10-11,14H,4-9H2,1-3H3,(H,15,16). The molecule has 1 fully saturated rings. The second-order valence-electron chi connectivity index (χ2n) is 6.42. The van der Waals surface area contributed by atoms with Crippen LogP contribution in [0, 0.1) is 11.3 Å². The number of hydrogen-bond donors (Lipinski definition) is 2. The van der Waals surface area contributed by atoms with Gasteiger partial charge in [0, 0.05) is 13.0 Å². The molecule has 2 N–H and O–H groups in total. The minimum absolute atomic E-state index is 0.0134. The normalized spacial score (nSPS) is 18.3. The first-order valence-electron chi connectivity index (χ1n) is 6.83. The topological polar surface area (TPSA) is 83.5 Å². The number of hydrogen-bond acceptors (Lipinski definition) is 3. The van der Waals surface area contributed by atoms with Crippen molar-refractivity contribution in [3.05, 3.63) is 0 Å². The van der Waals surface area contributed by atoms with Crippen LogP contribution in [0.1, 0.15) is 52.9 Å². The van der Waals surface area contributed by atoms with Gasteiger partial charge in [-0.25, -0.2) is 13.1 Å². The van der Waals surface area contributed by atoms with Gasteiger partial charge in [-0.1, -0.05) is 20.8 Å². The van der Waals surface area contributed by atoms with Crippen LogP contribution in [0.2, 0.25) is 0 Å². The van der Waals surface area contributed by atoms with Crippen molar-refractivity contribution >= 4 is 16.0 Å². The smallest absolute Gasteiger partial charge is 0.303 e. The van der Waals surface area contributed by atoms with Crippen LogP contribution in [0.25, 0.3) is 0 Å². The third-order valence-corrected chi connectivity index (χ3v) is 5.65. The largest absolute Gasteiger partial charge is 0.481 e. The molecule has 1 atom stereocenters. The van der Waals surface area contributed by atoms with E-state index in [1.807, 2.05) is 0 Å². The van der Waals surface area contributed by atoms with Crippen LogP contribution in [-0.4, -0.2) is 31.3 Å². The summed E-state index contributed by atoms with van der Waals surface area (Å²) in [7, 11) is -3.13. The Morgan fingerprint density at radius 1 is 1.32 bits per heavy atom. The molecule has 0 radical (unpaired) electrons. The van der Waals surface area contributed by atoms with Gasteiger partial charge in [0.15, 0.2) is 0 Å². The van der Waals surface area contributed by atoms with Gasteiger partial charge in [-0.05, 0) is 37.0 Å². The molecular weight excluding hydrogens is 266 g/mol. The number of carboxylic acids is 1. The Morgan fingerprint density at radius 2 is 1.89 bits per heavy atom. The van der Waals surface area contributed by atoms with E-state index in [1.165, 1.54) is 0 Å². The predicted octanol–water partition coefficient (Wildman–Crippen LogP) is 1.99. The van der Waals surface area contributed by atoms with E-state index >= 15 is 0 Å². The first-order chi connectivity index (χ1) is 8.63. The summed E-state index contributed by atoms with van der Waals surface area (Å²) in [4.78, 5) is 10.6. The molecule has 0 saturated heterocycles. The second-order valence-corrected chi connectivity index (χ2v) is 8.47. The molecule has 0 aromatic heterocycles. The Balaban J connectivity index is 2.42. The molecule has 0 aromatic rings. The first kappa shape index (κ1) is 16.4. The lowest BCUT2D eigenvalue weighted by molar-refractivity contribution is -0.137. The Morgan fingerprint density at radius 3 is 2.32 bits per heavy atom. The highest BCUT2D eigenvalue weighted by Gasteiger charge is 2.35. The summed E-state index contributed by atoms with van der Waals surface area (Å²) in [5.74, 6) is -0.599. The van der Waals surface area contributed by atoms with Gasteiger partial charge in [0.25, 0.3) is 0 Å². The fourth-order valence-corrected chi connectivity index (χ4v) is 3.57. The quantitative estimate of drug-likeness (QED) is 0.716. The predicted molar refractivity (Wildman–Crippen MR) is 74.4 cm³/mol. The van der Waals surface area contributed by atoms with Crippen LogP contribution in [0.3, 0.4) is 0 Å². The Hall–Kier alpha value is -0.620. The Kier molecular flexibility index (Phi) is 5.38. The number of nitrogens with one attached hydrogen (secondary N) is 1. The van der Waals surface area contributed by atoms with Crippen molar-refractivity contribution in [1.82, 2.24) is 4.72 Å². The van der Waals surface area contributed by atoms with Gasteiger partial charge >= 0.3 is 5.97 Å². The summed E-state index contributed by atoms with van der Waals surface area (Å²) >= 11 is 0. The highest BCUT2D eigenvalue weighted by atomic mass is 32.2. The molecule has 1 aliphatic rings. The summed E-state index contributed by atoms with van der Waals surface area (Å²) < 4.78 is 26.0. The van der Waals surface area contributed by atoms with Crippen LogP contribution >= 0.6 is 0 Å². The third-order valence-electron chi connectivity index (χ3n) is 3.69. The summed E-state index contributed by atoms with van der Waals surface area (Å²) in [6.45, 7) is 6.60. The zero-order valence-corrected chi connectivity index (χ0v) is 12.8. The lowest BCUT2D eigenvalue weighted by Gasteiger charge is -2.30. The molecule has 1 aliphatic carbocycles. The maximum atomic E-state index is 11.7. The molecular formula is C13H25NO4S. The SMILES string of the molecule is CC(C)(C)C(CCNS(=O)(=O)C1CC1)CCC(=O)O. The van der Waals surface area contributed by atoms with Crippen molar-refractivity contribution in [3.8, 4) is 0 Å². The summed E-state index contributed by atoms with van der Waals surface area (Å²) in [5, 5.41) is 8.56. The molecule has 1 unspecified atom stereocenters. The van der Waals surface area contributed by atoms with Gasteiger partial charge in [0.2, 0.25) is 10.0 Å². The van der Waals surface area contributed by atoms with E-state index in [1.54, 1.807) is 0 Å². The van der Waals surface area contributed by atoms with Gasteiger partial charge in [-0.15, -0.1) is 0 Å². The maximum absolute atomic E-state index is 11.7. The van der Waals surface area contributed by atoms with Gasteiger partial charge in [0.05, 0.1) is 5.25 Å². The maximum Gasteiger partial charge on any atom is 0.303 e. The molecule has 0 amide bonds. The lowest BCUT2D eigenvalue weighted by atomic mass is 9.76. The molecule has 6 heteroatoms. The van der Waals surface area contributed by atoms with Crippen molar-refractivity contribution < 1.29 is 18.3 Å². The number of rotatable bonds is 8. The molecule has 0 heterocycles. The van der Waals surface area contributed by atoms with E-state index < -0.39 is 16.0 Å². The number of carbonyl (C=O) groups is 1. The summed E-state index contributed by atoms with van der Waals surface area (Å²) in [6.07, 6.45) is 2.93. The summed E-state index contributed by atoms with van der Waals surface area (Å²) in [6, 6.07) is 0. The van der Waals surface area contributed by atoms with Crippen LogP contribution in [0.4, 0.5) is 0 Å². The lowest BCUT2D eigenvalue weighted by Crippen LogP contribution is -2.31. The van der Waals surface area contributed by atoms with Crippen LogP contribution < -0.4 is 4.72 Å². The van der Waals surface area contributed by atoms with Gasteiger partial charge in [-0.2, -0.15) is 0 Å². The fourth-order valence-electron chi connectivity index (χ4n) is 2.18. The van der Waals surface area contributed by atoms with Gasteiger partial charge < -0.3 is 5.11 Å².